The number of benzene rings is 4. The van der Waals surface area contributed by atoms with Gasteiger partial charge in [0, 0.05) is 50.5 Å². The fourth-order valence-corrected chi connectivity index (χ4v) is 9.53. The van der Waals surface area contributed by atoms with E-state index in [1.54, 1.807) is 6.07 Å². The number of rotatable bonds is 7. The third-order valence-corrected chi connectivity index (χ3v) is 11.2. The van der Waals surface area contributed by atoms with Crippen LogP contribution in [0.1, 0.15) is 54.4 Å². The van der Waals surface area contributed by atoms with Gasteiger partial charge in [0.2, 0.25) is 0 Å². The van der Waals surface area contributed by atoms with Crippen LogP contribution in [-0.4, -0.2) is 48.6 Å². The number of anilines is 1. The van der Waals surface area contributed by atoms with Gasteiger partial charge in [-0.1, -0.05) is 48.5 Å². The zero-order valence-corrected chi connectivity index (χ0v) is 25.6. The number of amides is 1. The molecule has 1 heterocycles. The number of fused-ring (bicyclic) bond motifs is 1. The first kappa shape index (κ1) is 27.7. The predicted molar refractivity (Wildman–Crippen MR) is 178 cm³/mol. The first-order valence-electron chi connectivity index (χ1n) is 16.7. The molecule has 1 amide bonds. The zero-order valence-electron chi connectivity index (χ0n) is 25.6. The summed E-state index contributed by atoms with van der Waals surface area (Å²) in [4.78, 5) is 18.1. The van der Waals surface area contributed by atoms with E-state index >= 15 is 0 Å². The minimum atomic E-state index is 0.0828. The molecule has 226 valence electrons. The highest BCUT2D eigenvalue weighted by molar-refractivity contribution is 5.98. The van der Waals surface area contributed by atoms with Crippen LogP contribution in [0.3, 0.4) is 0 Å². The van der Waals surface area contributed by atoms with Gasteiger partial charge < -0.3 is 15.3 Å². The zero-order chi connectivity index (χ0) is 29.7. The quantitative estimate of drug-likeness (QED) is 0.236. The Bertz CT molecular complexity index is 1640. The van der Waals surface area contributed by atoms with E-state index in [4.69, 9.17) is 0 Å². The summed E-state index contributed by atoms with van der Waals surface area (Å²) in [6.45, 7) is 5.70. The molecular weight excluding hydrogens is 542 g/mol. The topological polar surface area (TPSA) is 55.8 Å². The lowest BCUT2D eigenvalue weighted by Gasteiger charge is -2.56. The van der Waals surface area contributed by atoms with Crippen LogP contribution in [0.15, 0.2) is 84.9 Å². The number of aromatic hydroxyl groups is 1. The predicted octanol–water partition coefficient (Wildman–Crippen LogP) is 7.48. The normalized spacial score (nSPS) is 26.3. The third-order valence-electron chi connectivity index (χ3n) is 11.2. The van der Waals surface area contributed by atoms with Gasteiger partial charge in [-0.3, -0.25) is 9.69 Å². The molecule has 4 aliphatic carbocycles. The highest BCUT2D eigenvalue weighted by Crippen LogP contribution is 2.59. The van der Waals surface area contributed by atoms with Crippen molar-refractivity contribution < 1.29 is 9.90 Å². The van der Waals surface area contributed by atoms with Crippen LogP contribution in [0.4, 0.5) is 5.69 Å². The molecule has 5 heteroatoms. The number of nitrogens with zero attached hydrogens (tertiary/aromatic N) is 2. The van der Waals surface area contributed by atoms with Crippen molar-refractivity contribution in [2.75, 3.05) is 37.6 Å². The monoisotopic (exact) mass is 585 g/mol. The van der Waals surface area contributed by atoms with Crippen molar-refractivity contribution in [2.24, 2.45) is 23.2 Å². The summed E-state index contributed by atoms with van der Waals surface area (Å²) in [5.41, 5.74) is 5.86. The summed E-state index contributed by atoms with van der Waals surface area (Å²) in [7, 11) is 0. The summed E-state index contributed by atoms with van der Waals surface area (Å²) >= 11 is 0. The molecule has 1 aliphatic heterocycles. The molecule has 0 atom stereocenters. The third kappa shape index (κ3) is 5.36. The van der Waals surface area contributed by atoms with Crippen molar-refractivity contribution in [3.8, 4) is 16.9 Å². The standard InChI is InChI=1S/C39H43N3O2/c43-34-5-3-4-31(21-34)36-13-10-32(35-6-1-2-7-37(35)36)25-41-14-16-42(17-15-41)33-11-8-30(9-12-33)38(44)40-26-39-22-27-18-28(23-39)20-29(19-27)24-39/h1-13,21,27-29,43H,14-20,22-26H2,(H,40,44). The Morgan fingerprint density at radius 2 is 1.45 bits per heavy atom. The van der Waals surface area contributed by atoms with Gasteiger partial charge in [-0.25, -0.2) is 0 Å². The molecule has 44 heavy (non-hydrogen) atoms. The van der Waals surface area contributed by atoms with E-state index in [0.29, 0.717) is 11.2 Å². The van der Waals surface area contributed by atoms with Crippen LogP contribution < -0.4 is 10.2 Å². The van der Waals surface area contributed by atoms with Crippen LogP contribution in [0, 0.1) is 23.2 Å². The highest BCUT2D eigenvalue weighted by Gasteiger charge is 2.50. The van der Waals surface area contributed by atoms with E-state index in [1.165, 1.54) is 60.5 Å². The summed E-state index contributed by atoms with van der Waals surface area (Å²) in [5, 5.41) is 15.9. The van der Waals surface area contributed by atoms with E-state index in [-0.39, 0.29) is 5.91 Å². The molecule has 5 fully saturated rings. The molecule has 4 bridgehead atoms. The van der Waals surface area contributed by atoms with E-state index in [0.717, 1.165) is 73.7 Å². The molecule has 4 saturated carbocycles. The van der Waals surface area contributed by atoms with Crippen molar-refractivity contribution in [1.82, 2.24) is 10.2 Å². The summed E-state index contributed by atoms with van der Waals surface area (Å²) in [5.74, 6) is 3.11. The van der Waals surface area contributed by atoms with E-state index in [9.17, 15) is 9.90 Å². The smallest absolute Gasteiger partial charge is 0.251 e. The average molecular weight is 586 g/mol. The maximum absolute atomic E-state index is 13.1. The summed E-state index contributed by atoms with van der Waals surface area (Å²) in [6.07, 6.45) is 8.29. The summed E-state index contributed by atoms with van der Waals surface area (Å²) in [6, 6.07) is 28.8. The Balaban J connectivity index is 0.879. The number of piperazine rings is 1. The number of hydrogen-bond acceptors (Lipinski definition) is 4. The fourth-order valence-electron chi connectivity index (χ4n) is 9.53. The van der Waals surface area contributed by atoms with Gasteiger partial charge in [0.25, 0.3) is 5.91 Å². The maximum Gasteiger partial charge on any atom is 0.251 e. The maximum atomic E-state index is 13.1. The largest absolute Gasteiger partial charge is 0.508 e. The number of hydrogen-bond donors (Lipinski definition) is 2. The van der Waals surface area contributed by atoms with E-state index < -0.39 is 0 Å². The fraction of sp³-hybridized carbons (Fsp3) is 0.410. The number of carbonyl (C=O) groups excluding carboxylic acids is 1. The van der Waals surface area contributed by atoms with Crippen LogP contribution in [0.5, 0.6) is 5.75 Å². The lowest BCUT2D eigenvalue weighted by Crippen LogP contribution is -2.51. The average Bonchev–Trinajstić information content (AvgIpc) is 3.04. The van der Waals surface area contributed by atoms with Crippen molar-refractivity contribution in [3.63, 3.8) is 0 Å². The van der Waals surface area contributed by atoms with Gasteiger partial charge in [0.05, 0.1) is 0 Å². The second-order valence-electron chi connectivity index (χ2n) is 14.3. The first-order chi connectivity index (χ1) is 21.5. The van der Waals surface area contributed by atoms with Crippen molar-refractivity contribution in [2.45, 2.75) is 45.1 Å². The lowest BCUT2D eigenvalue weighted by atomic mass is 9.49. The molecule has 4 aromatic carbocycles. The van der Waals surface area contributed by atoms with E-state index in [1.807, 2.05) is 24.3 Å². The molecule has 5 aliphatic rings. The van der Waals surface area contributed by atoms with Gasteiger partial charge in [-0.15, -0.1) is 0 Å². The second kappa shape index (κ2) is 11.3. The van der Waals surface area contributed by atoms with Crippen LogP contribution in [-0.2, 0) is 6.54 Å². The Hall–Kier alpha value is -3.83. The molecule has 0 radical (unpaired) electrons. The van der Waals surface area contributed by atoms with Gasteiger partial charge in [0.15, 0.2) is 0 Å². The Morgan fingerprint density at radius 3 is 2.14 bits per heavy atom. The minimum absolute atomic E-state index is 0.0828. The second-order valence-corrected chi connectivity index (χ2v) is 14.3. The molecular formula is C39H43N3O2. The van der Waals surface area contributed by atoms with Gasteiger partial charge >= 0.3 is 0 Å². The van der Waals surface area contributed by atoms with Crippen molar-refractivity contribution in [1.29, 1.82) is 0 Å². The van der Waals surface area contributed by atoms with Gasteiger partial charge in [-0.2, -0.15) is 0 Å². The Kier molecular flexibility index (Phi) is 7.09. The Morgan fingerprint density at radius 1 is 0.773 bits per heavy atom. The van der Waals surface area contributed by atoms with E-state index in [2.05, 4.69) is 69.7 Å². The molecule has 0 unspecified atom stereocenters. The number of carbonyl (C=O) groups is 1. The molecule has 5 nitrogen and oxygen atoms in total. The first-order valence-corrected chi connectivity index (χ1v) is 16.7. The minimum Gasteiger partial charge on any atom is -0.508 e. The number of phenols is 1. The molecule has 0 spiro atoms. The SMILES string of the molecule is O=C(NCC12CC3CC(CC(C3)C1)C2)c1ccc(N2CCN(Cc3ccc(-c4cccc(O)c4)c4ccccc34)CC2)cc1. The molecule has 4 aromatic rings. The van der Waals surface area contributed by atoms with Crippen molar-refractivity contribution >= 4 is 22.4 Å². The number of nitrogens with one attached hydrogen (secondary N) is 1. The molecule has 2 N–H and O–H groups in total. The number of phenolic OH excluding ortho intramolecular Hbond substituents is 1. The molecule has 0 aromatic heterocycles. The Labute approximate surface area is 260 Å². The molecule has 9 rings (SSSR count). The van der Waals surface area contributed by atoms with Gasteiger partial charge in [0.1, 0.15) is 5.75 Å². The van der Waals surface area contributed by atoms with Crippen molar-refractivity contribution in [3.05, 3.63) is 96.1 Å². The lowest BCUT2D eigenvalue weighted by molar-refractivity contribution is -0.0503. The summed E-state index contributed by atoms with van der Waals surface area (Å²) < 4.78 is 0. The highest BCUT2D eigenvalue weighted by atomic mass is 16.3. The van der Waals surface area contributed by atoms with Gasteiger partial charge in [-0.05, 0) is 126 Å². The molecule has 1 saturated heterocycles. The van der Waals surface area contributed by atoms with Crippen LogP contribution in [0.2, 0.25) is 0 Å². The van der Waals surface area contributed by atoms with Crippen LogP contribution >= 0.6 is 0 Å². The van der Waals surface area contributed by atoms with Crippen LogP contribution in [0.25, 0.3) is 21.9 Å².